The molecule has 5 rings (SSSR count). The van der Waals surface area contributed by atoms with Gasteiger partial charge in [0.25, 0.3) is 0 Å². The molecule has 0 amide bonds. The number of hydrogen-bond donors (Lipinski definition) is 1. The zero-order valence-corrected chi connectivity index (χ0v) is 16.4. The molecule has 1 N–H and O–H groups in total. The average Bonchev–Trinajstić information content (AvgIpc) is 3.35. The predicted molar refractivity (Wildman–Crippen MR) is 111 cm³/mol. The van der Waals surface area contributed by atoms with Gasteiger partial charge in [-0.05, 0) is 17.5 Å². The maximum atomic E-state index is 14.7. The summed E-state index contributed by atoms with van der Waals surface area (Å²) >= 11 is 6.43. The van der Waals surface area contributed by atoms with Crippen LogP contribution in [0.4, 0.5) is 8.78 Å². The van der Waals surface area contributed by atoms with Gasteiger partial charge in [0.15, 0.2) is 5.60 Å². The van der Waals surface area contributed by atoms with Gasteiger partial charge in [-0.2, -0.15) is 0 Å². The molecule has 0 aromatic heterocycles. The van der Waals surface area contributed by atoms with E-state index in [2.05, 4.69) is 5.32 Å². The lowest BCUT2D eigenvalue weighted by molar-refractivity contribution is 0.0517. The van der Waals surface area contributed by atoms with E-state index in [1.54, 1.807) is 0 Å². The van der Waals surface area contributed by atoms with Crippen LogP contribution in [0.2, 0.25) is 5.02 Å². The van der Waals surface area contributed by atoms with Gasteiger partial charge >= 0.3 is 0 Å². The van der Waals surface area contributed by atoms with Crippen molar-refractivity contribution in [1.29, 1.82) is 0 Å². The molecule has 0 saturated carbocycles. The summed E-state index contributed by atoms with van der Waals surface area (Å²) in [6.45, 7) is 0.291. The number of nitrogens with one attached hydrogen (secondary N) is 1. The minimum atomic E-state index is -0.929. The molecule has 2 aliphatic rings. The molecule has 3 aromatic rings. The van der Waals surface area contributed by atoms with Crippen molar-refractivity contribution in [2.75, 3.05) is 6.54 Å². The van der Waals surface area contributed by atoms with Crippen LogP contribution in [-0.2, 0) is 12.0 Å². The Morgan fingerprint density at radius 1 is 1.03 bits per heavy atom. The van der Waals surface area contributed by atoms with Crippen molar-refractivity contribution < 1.29 is 13.5 Å². The zero-order chi connectivity index (χ0) is 20.0. The van der Waals surface area contributed by atoms with E-state index in [-0.39, 0.29) is 11.1 Å². The van der Waals surface area contributed by atoms with E-state index in [4.69, 9.17) is 16.3 Å². The number of alkyl halides is 1. The van der Waals surface area contributed by atoms with Crippen molar-refractivity contribution >= 4 is 11.6 Å². The second kappa shape index (κ2) is 7.12. The highest BCUT2D eigenvalue weighted by atomic mass is 35.5. The number of halogens is 3. The van der Waals surface area contributed by atoms with Gasteiger partial charge in [0.1, 0.15) is 17.7 Å². The Labute approximate surface area is 173 Å². The van der Waals surface area contributed by atoms with Crippen LogP contribution in [0.3, 0.4) is 0 Å². The highest BCUT2D eigenvalue weighted by Crippen LogP contribution is 2.51. The molecule has 0 bridgehead atoms. The molecule has 29 heavy (non-hydrogen) atoms. The molecule has 2 nitrogen and oxygen atoms in total. The quantitative estimate of drug-likeness (QED) is 0.599. The summed E-state index contributed by atoms with van der Waals surface area (Å²) in [6, 6.07) is 20.5. The third kappa shape index (κ3) is 3.02. The molecule has 1 saturated heterocycles. The summed E-state index contributed by atoms with van der Waals surface area (Å²) in [4.78, 5) is 0. The van der Waals surface area contributed by atoms with Gasteiger partial charge < -0.3 is 10.1 Å². The highest BCUT2D eigenvalue weighted by Gasteiger charge is 2.51. The first-order chi connectivity index (χ1) is 14.1. The molecule has 5 heteroatoms. The predicted octanol–water partition coefficient (Wildman–Crippen LogP) is 5.68. The van der Waals surface area contributed by atoms with Crippen molar-refractivity contribution in [2.45, 2.75) is 30.7 Å². The monoisotopic (exact) mass is 411 g/mol. The number of ether oxygens (including phenoxy) is 1. The lowest BCUT2D eigenvalue weighted by atomic mass is 9.80. The van der Waals surface area contributed by atoms with Gasteiger partial charge in [-0.25, -0.2) is 8.78 Å². The topological polar surface area (TPSA) is 21.3 Å². The van der Waals surface area contributed by atoms with Crippen molar-refractivity contribution in [3.8, 4) is 16.9 Å². The Balaban J connectivity index is 1.69. The minimum Gasteiger partial charge on any atom is -0.480 e. The fourth-order valence-electron chi connectivity index (χ4n) is 4.63. The summed E-state index contributed by atoms with van der Waals surface area (Å²) in [5.41, 5.74) is 2.47. The van der Waals surface area contributed by atoms with Crippen LogP contribution < -0.4 is 10.1 Å². The van der Waals surface area contributed by atoms with Crippen LogP contribution in [-0.4, -0.2) is 18.8 Å². The molecule has 1 fully saturated rings. The van der Waals surface area contributed by atoms with Crippen LogP contribution in [0.1, 0.15) is 17.5 Å². The molecule has 3 aromatic carbocycles. The van der Waals surface area contributed by atoms with Crippen molar-refractivity contribution in [2.24, 2.45) is 0 Å². The smallest absolute Gasteiger partial charge is 0.153 e. The Morgan fingerprint density at radius 2 is 1.72 bits per heavy atom. The van der Waals surface area contributed by atoms with E-state index in [0.29, 0.717) is 30.7 Å². The van der Waals surface area contributed by atoms with Crippen molar-refractivity contribution in [3.05, 3.63) is 88.7 Å². The first-order valence-electron chi connectivity index (χ1n) is 9.77. The summed E-state index contributed by atoms with van der Waals surface area (Å²) < 4.78 is 35.3. The van der Waals surface area contributed by atoms with Gasteiger partial charge in [-0.1, -0.05) is 72.3 Å². The van der Waals surface area contributed by atoms with Crippen LogP contribution in [0.15, 0.2) is 66.7 Å². The molecule has 2 aliphatic heterocycles. The standard InChI is InChI=1S/C24H20ClF2NO/c25-23-19(27)12-20-18(22(23)15-7-3-1-4-8-15)13-24(29-20,16-9-5-2-6-10-16)21-11-17(26)14-28-21/h1-10,12,17,21,28H,11,13-14H2/t17-,21+,24+/m1/s1. The molecule has 0 aliphatic carbocycles. The Hall–Kier alpha value is -2.43. The number of hydrogen-bond acceptors (Lipinski definition) is 2. The van der Waals surface area contributed by atoms with E-state index in [9.17, 15) is 8.78 Å². The SMILES string of the molecule is Fc1cc2c(c(-c3ccccc3)c1Cl)C[C@](c1ccccc1)([C@@H]1C[C@@H](F)CN1)O2. The third-order valence-electron chi connectivity index (χ3n) is 5.98. The average molecular weight is 412 g/mol. The van der Waals surface area contributed by atoms with E-state index in [1.807, 2.05) is 60.7 Å². The molecular weight excluding hydrogens is 392 g/mol. The second-order valence-electron chi connectivity index (χ2n) is 7.72. The fraction of sp³-hybridized carbons (Fsp3) is 0.250. The molecule has 3 atom stereocenters. The molecule has 0 spiro atoms. The van der Waals surface area contributed by atoms with Crippen LogP contribution >= 0.6 is 11.6 Å². The molecule has 0 radical (unpaired) electrons. The summed E-state index contributed by atoms with van der Waals surface area (Å²) in [6.07, 6.45) is -0.0948. The van der Waals surface area contributed by atoms with Gasteiger partial charge in [-0.3, -0.25) is 0 Å². The maximum absolute atomic E-state index is 14.7. The summed E-state index contributed by atoms with van der Waals surface area (Å²) in [5, 5.41) is 3.37. The summed E-state index contributed by atoms with van der Waals surface area (Å²) in [5.74, 6) is -0.0467. The van der Waals surface area contributed by atoms with Crippen molar-refractivity contribution in [3.63, 3.8) is 0 Å². The van der Waals surface area contributed by atoms with Crippen LogP contribution in [0.5, 0.6) is 5.75 Å². The maximum Gasteiger partial charge on any atom is 0.153 e. The molecule has 2 heterocycles. The molecule has 148 valence electrons. The van der Waals surface area contributed by atoms with E-state index >= 15 is 0 Å². The zero-order valence-electron chi connectivity index (χ0n) is 15.7. The van der Waals surface area contributed by atoms with Gasteiger partial charge in [0, 0.05) is 30.2 Å². The first-order valence-corrected chi connectivity index (χ1v) is 10.1. The lowest BCUT2D eigenvalue weighted by Crippen LogP contribution is -2.48. The van der Waals surface area contributed by atoms with Gasteiger partial charge in [0.05, 0.1) is 11.1 Å². The molecular formula is C24H20ClF2NO. The minimum absolute atomic E-state index is 0.0881. The third-order valence-corrected chi connectivity index (χ3v) is 6.35. The number of benzene rings is 3. The first kappa shape index (κ1) is 18.6. The Morgan fingerprint density at radius 3 is 2.38 bits per heavy atom. The van der Waals surface area contributed by atoms with E-state index < -0.39 is 17.6 Å². The fourth-order valence-corrected chi connectivity index (χ4v) is 4.91. The van der Waals surface area contributed by atoms with Gasteiger partial charge in [-0.15, -0.1) is 0 Å². The van der Waals surface area contributed by atoms with Crippen LogP contribution in [0.25, 0.3) is 11.1 Å². The van der Waals surface area contributed by atoms with Crippen molar-refractivity contribution in [1.82, 2.24) is 5.32 Å². The van der Waals surface area contributed by atoms with Crippen LogP contribution in [0, 0.1) is 5.82 Å². The lowest BCUT2D eigenvalue weighted by Gasteiger charge is -2.35. The second-order valence-corrected chi connectivity index (χ2v) is 8.10. The Bertz CT molecular complexity index is 1040. The summed E-state index contributed by atoms with van der Waals surface area (Å²) in [7, 11) is 0. The Kier molecular flexibility index (Phi) is 4.56. The van der Waals surface area contributed by atoms with E-state index in [0.717, 1.165) is 16.7 Å². The largest absolute Gasteiger partial charge is 0.480 e. The normalized spacial score (nSPS) is 25.6. The highest BCUT2D eigenvalue weighted by molar-refractivity contribution is 6.33. The number of rotatable bonds is 3. The van der Waals surface area contributed by atoms with E-state index in [1.165, 1.54) is 6.07 Å². The van der Waals surface area contributed by atoms with Gasteiger partial charge in [0.2, 0.25) is 0 Å². The molecule has 0 unspecified atom stereocenters. The number of fused-ring (bicyclic) bond motifs is 1.